The van der Waals surface area contributed by atoms with E-state index in [1.807, 2.05) is 36.7 Å². The minimum absolute atomic E-state index is 1.20. The first kappa shape index (κ1) is 9.66. The molecule has 0 fully saturated rings. The van der Waals surface area contributed by atoms with E-state index in [4.69, 9.17) is 0 Å². The lowest BCUT2D eigenvalue weighted by atomic mass is 10.1. The number of benzene rings is 1. The summed E-state index contributed by atoms with van der Waals surface area (Å²) < 4.78 is 0. The van der Waals surface area contributed by atoms with Crippen molar-refractivity contribution in [2.45, 2.75) is 6.92 Å². The van der Waals surface area contributed by atoms with Crippen LogP contribution in [0.15, 0.2) is 48.8 Å². The Balaban J connectivity index is 2.23. The van der Waals surface area contributed by atoms with Crippen molar-refractivity contribution in [2.75, 3.05) is 0 Å². The SMILES string of the molecule is Cc1cnccc1C=Cc1ccccc1. The molecule has 2 aromatic rings. The monoisotopic (exact) mass is 195 g/mol. The zero-order chi connectivity index (χ0) is 10.5. The van der Waals surface area contributed by atoms with Crippen LogP contribution in [-0.4, -0.2) is 4.98 Å². The fourth-order valence-corrected chi connectivity index (χ4v) is 1.42. The molecule has 0 saturated carbocycles. The highest BCUT2D eigenvalue weighted by Crippen LogP contribution is 2.10. The van der Waals surface area contributed by atoms with Crippen LogP contribution in [0, 0.1) is 6.92 Å². The minimum Gasteiger partial charge on any atom is -0.264 e. The molecule has 0 atom stereocenters. The Morgan fingerprint density at radius 3 is 2.53 bits per heavy atom. The van der Waals surface area contributed by atoms with Gasteiger partial charge in [-0.15, -0.1) is 0 Å². The topological polar surface area (TPSA) is 12.9 Å². The molecule has 1 aromatic carbocycles. The van der Waals surface area contributed by atoms with Crippen LogP contribution in [-0.2, 0) is 0 Å². The summed E-state index contributed by atoms with van der Waals surface area (Å²) in [5.74, 6) is 0. The van der Waals surface area contributed by atoms with Crippen molar-refractivity contribution in [3.8, 4) is 0 Å². The van der Waals surface area contributed by atoms with Crippen LogP contribution in [0.4, 0.5) is 0 Å². The summed E-state index contributed by atoms with van der Waals surface area (Å²) in [6.07, 6.45) is 7.93. The predicted octanol–water partition coefficient (Wildman–Crippen LogP) is 3.56. The molecule has 0 bridgehead atoms. The van der Waals surface area contributed by atoms with E-state index in [1.165, 1.54) is 16.7 Å². The van der Waals surface area contributed by atoms with E-state index in [2.05, 4.69) is 36.2 Å². The van der Waals surface area contributed by atoms with Gasteiger partial charge in [0.05, 0.1) is 0 Å². The van der Waals surface area contributed by atoms with Crippen LogP contribution in [0.1, 0.15) is 16.7 Å². The van der Waals surface area contributed by atoms with Gasteiger partial charge in [0.1, 0.15) is 0 Å². The zero-order valence-electron chi connectivity index (χ0n) is 8.72. The predicted molar refractivity (Wildman–Crippen MR) is 64.3 cm³/mol. The summed E-state index contributed by atoms with van der Waals surface area (Å²) >= 11 is 0. The molecule has 1 heteroatoms. The van der Waals surface area contributed by atoms with Crippen molar-refractivity contribution >= 4 is 12.2 Å². The first-order valence-corrected chi connectivity index (χ1v) is 5.00. The Bertz CT molecular complexity index is 458. The third-order valence-corrected chi connectivity index (χ3v) is 2.32. The first-order valence-electron chi connectivity index (χ1n) is 5.00. The molecule has 0 aliphatic rings. The van der Waals surface area contributed by atoms with Crippen molar-refractivity contribution in [1.82, 2.24) is 4.98 Å². The average molecular weight is 195 g/mol. The van der Waals surface area contributed by atoms with E-state index in [0.29, 0.717) is 0 Å². The van der Waals surface area contributed by atoms with E-state index >= 15 is 0 Å². The fraction of sp³-hybridized carbons (Fsp3) is 0.0714. The number of rotatable bonds is 2. The molecular weight excluding hydrogens is 182 g/mol. The van der Waals surface area contributed by atoms with Gasteiger partial charge >= 0.3 is 0 Å². The summed E-state index contributed by atoms with van der Waals surface area (Å²) in [4.78, 5) is 4.07. The normalized spacial score (nSPS) is 10.7. The molecule has 1 nitrogen and oxygen atoms in total. The summed E-state index contributed by atoms with van der Waals surface area (Å²) in [6.45, 7) is 2.07. The fourth-order valence-electron chi connectivity index (χ4n) is 1.42. The number of aryl methyl sites for hydroxylation is 1. The average Bonchev–Trinajstić information content (AvgIpc) is 2.29. The molecule has 0 radical (unpaired) electrons. The van der Waals surface area contributed by atoms with Gasteiger partial charge in [0.2, 0.25) is 0 Å². The molecule has 74 valence electrons. The molecule has 1 aromatic heterocycles. The van der Waals surface area contributed by atoms with Crippen LogP contribution in [0.2, 0.25) is 0 Å². The van der Waals surface area contributed by atoms with Crippen LogP contribution in [0.25, 0.3) is 12.2 Å². The van der Waals surface area contributed by atoms with Crippen LogP contribution < -0.4 is 0 Å². The largest absolute Gasteiger partial charge is 0.264 e. The molecule has 0 unspecified atom stereocenters. The van der Waals surface area contributed by atoms with Crippen molar-refractivity contribution < 1.29 is 0 Å². The zero-order valence-corrected chi connectivity index (χ0v) is 8.72. The smallest absolute Gasteiger partial charge is 0.0303 e. The van der Waals surface area contributed by atoms with E-state index in [0.717, 1.165) is 0 Å². The molecular formula is C14H13N. The summed E-state index contributed by atoms with van der Waals surface area (Å²) in [5.41, 5.74) is 3.63. The van der Waals surface area contributed by atoms with Gasteiger partial charge in [0.15, 0.2) is 0 Å². The van der Waals surface area contributed by atoms with Gasteiger partial charge in [-0.3, -0.25) is 4.98 Å². The second-order valence-electron chi connectivity index (χ2n) is 3.48. The molecule has 15 heavy (non-hydrogen) atoms. The highest BCUT2D eigenvalue weighted by Gasteiger charge is 1.91. The molecule has 0 aliphatic heterocycles. The van der Waals surface area contributed by atoms with Gasteiger partial charge in [-0.25, -0.2) is 0 Å². The lowest BCUT2D eigenvalue weighted by Gasteiger charge is -1.97. The Morgan fingerprint density at radius 1 is 1.00 bits per heavy atom. The molecule has 0 amide bonds. The number of nitrogens with zero attached hydrogens (tertiary/aromatic N) is 1. The Hall–Kier alpha value is -1.89. The van der Waals surface area contributed by atoms with Gasteiger partial charge in [0.25, 0.3) is 0 Å². The Kier molecular flexibility index (Phi) is 2.93. The standard InChI is InChI=1S/C14H13N/c1-12-11-15-10-9-14(12)8-7-13-5-3-2-4-6-13/h2-11H,1H3. The molecule has 0 aliphatic carbocycles. The number of hydrogen-bond donors (Lipinski definition) is 0. The molecule has 0 N–H and O–H groups in total. The van der Waals surface area contributed by atoms with Crippen molar-refractivity contribution in [3.63, 3.8) is 0 Å². The Labute approximate surface area is 90.1 Å². The molecule has 1 heterocycles. The van der Waals surface area contributed by atoms with Crippen molar-refractivity contribution in [2.24, 2.45) is 0 Å². The van der Waals surface area contributed by atoms with E-state index < -0.39 is 0 Å². The minimum atomic E-state index is 1.20. The summed E-state index contributed by atoms with van der Waals surface area (Å²) in [7, 11) is 0. The van der Waals surface area contributed by atoms with Gasteiger partial charge in [-0.2, -0.15) is 0 Å². The molecule has 2 rings (SSSR count). The maximum Gasteiger partial charge on any atom is 0.0303 e. The quantitative estimate of drug-likeness (QED) is 0.714. The van der Waals surface area contributed by atoms with Gasteiger partial charge in [-0.1, -0.05) is 42.5 Å². The van der Waals surface area contributed by atoms with E-state index in [9.17, 15) is 0 Å². The number of aromatic nitrogens is 1. The second kappa shape index (κ2) is 4.56. The number of hydrogen-bond acceptors (Lipinski definition) is 1. The first-order chi connectivity index (χ1) is 7.36. The van der Waals surface area contributed by atoms with E-state index in [1.54, 1.807) is 0 Å². The molecule has 0 spiro atoms. The van der Waals surface area contributed by atoms with Crippen LogP contribution >= 0.6 is 0 Å². The maximum absolute atomic E-state index is 4.07. The highest BCUT2D eigenvalue weighted by atomic mass is 14.6. The second-order valence-corrected chi connectivity index (χ2v) is 3.48. The van der Waals surface area contributed by atoms with Crippen LogP contribution in [0.5, 0.6) is 0 Å². The number of pyridine rings is 1. The van der Waals surface area contributed by atoms with Gasteiger partial charge in [0, 0.05) is 12.4 Å². The van der Waals surface area contributed by atoms with E-state index in [-0.39, 0.29) is 0 Å². The third kappa shape index (κ3) is 2.53. The van der Waals surface area contributed by atoms with Gasteiger partial charge < -0.3 is 0 Å². The Morgan fingerprint density at radius 2 is 1.80 bits per heavy atom. The van der Waals surface area contributed by atoms with Crippen LogP contribution in [0.3, 0.4) is 0 Å². The highest BCUT2D eigenvalue weighted by molar-refractivity contribution is 5.70. The summed E-state index contributed by atoms with van der Waals surface area (Å²) in [6, 6.07) is 12.3. The lowest BCUT2D eigenvalue weighted by molar-refractivity contribution is 1.26. The van der Waals surface area contributed by atoms with Gasteiger partial charge in [-0.05, 0) is 29.7 Å². The summed E-state index contributed by atoms with van der Waals surface area (Å²) in [5, 5.41) is 0. The third-order valence-electron chi connectivity index (χ3n) is 2.32. The maximum atomic E-state index is 4.07. The van der Waals surface area contributed by atoms with Crippen molar-refractivity contribution in [3.05, 3.63) is 65.5 Å². The van der Waals surface area contributed by atoms with Crippen molar-refractivity contribution in [1.29, 1.82) is 0 Å². The lowest BCUT2D eigenvalue weighted by Crippen LogP contribution is -1.81. The molecule has 0 saturated heterocycles.